The zero-order chi connectivity index (χ0) is 21.7. The summed E-state index contributed by atoms with van der Waals surface area (Å²) in [5.41, 5.74) is 10.8. The molecule has 0 aliphatic carbocycles. The Hall–Kier alpha value is -3.65. The van der Waals surface area contributed by atoms with Crippen LogP contribution in [0.3, 0.4) is 0 Å². The van der Waals surface area contributed by atoms with E-state index in [1.807, 2.05) is 48.0 Å². The summed E-state index contributed by atoms with van der Waals surface area (Å²) in [5.74, 6) is -0.115. The van der Waals surface area contributed by atoms with Crippen molar-refractivity contribution in [3.63, 3.8) is 0 Å². The van der Waals surface area contributed by atoms with Crippen molar-refractivity contribution in [3.8, 4) is 22.6 Å². The maximum atomic E-state index is 12.9. The summed E-state index contributed by atoms with van der Waals surface area (Å²) in [6, 6.07) is 12.6. The number of imidazole rings is 1. The van der Waals surface area contributed by atoms with Crippen molar-refractivity contribution in [1.82, 2.24) is 19.8 Å². The number of nitrogen functional groups attached to an aromatic ring is 1. The lowest BCUT2D eigenvalue weighted by atomic mass is 10.0. The van der Waals surface area contributed by atoms with Crippen molar-refractivity contribution in [2.24, 2.45) is 7.05 Å². The van der Waals surface area contributed by atoms with Crippen LogP contribution in [0.15, 0.2) is 48.7 Å². The van der Waals surface area contributed by atoms with E-state index in [-0.39, 0.29) is 30.6 Å². The number of carbonyl (C=O) groups is 3. The number of hydrogen-bond donors (Lipinski definition) is 2. The Kier molecular flexibility index (Phi) is 5.48. The Morgan fingerprint density at radius 2 is 1.91 bits per heavy atom. The van der Waals surface area contributed by atoms with Gasteiger partial charge in [0.05, 0.1) is 11.9 Å². The van der Waals surface area contributed by atoms with E-state index in [0.717, 1.165) is 28.2 Å². The summed E-state index contributed by atoms with van der Waals surface area (Å²) in [6.07, 6.45) is 2.39. The number of fused-ring (bicyclic) bond motifs is 1. The number of carbonyl (C=O) groups excluding carboxylic acids is 3. The lowest BCUT2D eigenvalue weighted by Crippen LogP contribution is -2.52. The lowest BCUT2D eigenvalue weighted by molar-refractivity contribution is -0.136. The van der Waals surface area contributed by atoms with Crippen LogP contribution in [0.1, 0.15) is 28.8 Å². The number of rotatable bonds is 3. The highest BCUT2D eigenvalue weighted by molar-refractivity contribution is 6.05. The fourth-order valence-electron chi connectivity index (χ4n) is 4.36. The molecule has 1 fully saturated rings. The summed E-state index contributed by atoms with van der Waals surface area (Å²) in [6.45, 7) is 0.334. The van der Waals surface area contributed by atoms with Gasteiger partial charge in [-0.3, -0.25) is 19.7 Å². The number of halogens is 1. The fraction of sp³-hybridized carbons (Fsp3) is 0.217. The third-order valence-electron chi connectivity index (χ3n) is 5.95. The average molecular weight is 452 g/mol. The standard InChI is InChI=1S/C23H21N5O3.ClH/c1-27-19(13-3-2-4-16(24)10-13)11-25-21(27)14-5-6-17-15(9-14)12-28(23(17)31)18-7-8-20(29)26-22(18)30;/h2-6,9-11,18H,7-8,12,24H2,1H3,(H,26,29,30);1H. The Labute approximate surface area is 190 Å². The molecule has 0 spiro atoms. The highest BCUT2D eigenvalue weighted by Gasteiger charge is 2.39. The van der Waals surface area contributed by atoms with Gasteiger partial charge in [0.15, 0.2) is 0 Å². The molecule has 3 heterocycles. The summed E-state index contributed by atoms with van der Waals surface area (Å²) in [4.78, 5) is 42.7. The van der Waals surface area contributed by atoms with Crippen LogP contribution in [0.4, 0.5) is 5.69 Å². The van der Waals surface area contributed by atoms with E-state index in [1.54, 1.807) is 17.2 Å². The number of anilines is 1. The van der Waals surface area contributed by atoms with E-state index in [1.165, 1.54) is 0 Å². The molecule has 2 aromatic carbocycles. The number of nitrogens with two attached hydrogens (primary N) is 1. The first-order valence-electron chi connectivity index (χ1n) is 10.1. The molecule has 3 N–H and O–H groups in total. The zero-order valence-electron chi connectivity index (χ0n) is 17.4. The molecule has 2 aliphatic rings. The largest absolute Gasteiger partial charge is 0.399 e. The topological polar surface area (TPSA) is 110 Å². The van der Waals surface area contributed by atoms with E-state index in [4.69, 9.17) is 5.73 Å². The van der Waals surface area contributed by atoms with Crippen molar-refractivity contribution in [3.05, 3.63) is 59.8 Å². The van der Waals surface area contributed by atoms with Crippen molar-refractivity contribution >= 4 is 35.8 Å². The molecule has 0 saturated carbocycles. The third kappa shape index (κ3) is 3.52. The second-order valence-corrected chi connectivity index (χ2v) is 7.92. The number of piperidine rings is 1. The van der Waals surface area contributed by atoms with Crippen molar-refractivity contribution < 1.29 is 14.4 Å². The van der Waals surface area contributed by atoms with Gasteiger partial charge in [-0.05, 0) is 36.2 Å². The number of benzene rings is 2. The zero-order valence-corrected chi connectivity index (χ0v) is 18.2. The maximum Gasteiger partial charge on any atom is 0.255 e. The van der Waals surface area contributed by atoms with Crippen LogP contribution in [0.25, 0.3) is 22.6 Å². The smallest absolute Gasteiger partial charge is 0.255 e. The monoisotopic (exact) mass is 451 g/mol. The van der Waals surface area contributed by atoms with Gasteiger partial charge in [-0.25, -0.2) is 4.98 Å². The molecular weight excluding hydrogens is 430 g/mol. The van der Waals surface area contributed by atoms with Gasteiger partial charge >= 0.3 is 0 Å². The number of amides is 3. The fourth-order valence-corrected chi connectivity index (χ4v) is 4.36. The Balaban J connectivity index is 0.00000245. The van der Waals surface area contributed by atoms with Gasteiger partial charge in [0.1, 0.15) is 11.9 Å². The second-order valence-electron chi connectivity index (χ2n) is 7.92. The summed E-state index contributed by atoms with van der Waals surface area (Å²) >= 11 is 0. The van der Waals surface area contributed by atoms with E-state index < -0.39 is 11.9 Å². The molecule has 1 unspecified atom stereocenters. The number of nitrogens with zero attached hydrogens (tertiary/aromatic N) is 3. The Morgan fingerprint density at radius 1 is 1.09 bits per heavy atom. The highest BCUT2D eigenvalue weighted by Crippen LogP contribution is 2.32. The van der Waals surface area contributed by atoms with Crippen molar-refractivity contribution in [2.45, 2.75) is 25.4 Å². The van der Waals surface area contributed by atoms with Crippen LogP contribution in [0, 0.1) is 0 Å². The summed E-state index contributed by atoms with van der Waals surface area (Å²) < 4.78 is 1.99. The van der Waals surface area contributed by atoms with Gasteiger partial charge < -0.3 is 15.2 Å². The van der Waals surface area contributed by atoms with Crippen molar-refractivity contribution in [1.29, 1.82) is 0 Å². The van der Waals surface area contributed by atoms with E-state index >= 15 is 0 Å². The number of nitrogens with one attached hydrogen (secondary N) is 1. The molecule has 1 aromatic heterocycles. The quantitative estimate of drug-likeness (QED) is 0.469. The third-order valence-corrected chi connectivity index (χ3v) is 5.95. The molecule has 8 nitrogen and oxygen atoms in total. The van der Waals surface area contributed by atoms with Crippen LogP contribution in [-0.2, 0) is 23.2 Å². The van der Waals surface area contributed by atoms with Crippen LogP contribution < -0.4 is 11.1 Å². The van der Waals surface area contributed by atoms with Gasteiger partial charge in [0.2, 0.25) is 11.8 Å². The summed E-state index contributed by atoms with van der Waals surface area (Å²) in [7, 11) is 1.94. The first-order chi connectivity index (χ1) is 14.9. The normalized spacial score (nSPS) is 17.7. The number of aromatic nitrogens is 2. The molecular formula is C23H22ClN5O3. The van der Waals surface area contributed by atoms with Crippen molar-refractivity contribution in [2.75, 3.05) is 5.73 Å². The molecule has 1 atom stereocenters. The number of imide groups is 1. The van der Waals surface area contributed by atoms with Gasteiger partial charge in [0.25, 0.3) is 5.91 Å². The molecule has 0 radical (unpaired) electrons. The molecule has 9 heteroatoms. The molecule has 3 aromatic rings. The van der Waals surface area contributed by atoms with Gasteiger partial charge in [-0.15, -0.1) is 12.4 Å². The second kappa shape index (κ2) is 8.12. The molecule has 2 aliphatic heterocycles. The van der Waals surface area contributed by atoms with Crippen LogP contribution >= 0.6 is 12.4 Å². The predicted octanol–water partition coefficient (Wildman–Crippen LogP) is 2.52. The summed E-state index contributed by atoms with van der Waals surface area (Å²) in [5, 5.41) is 2.33. The van der Waals surface area contributed by atoms with Crippen LogP contribution in [-0.4, -0.2) is 38.2 Å². The van der Waals surface area contributed by atoms with E-state index in [2.05, 4.69) is 10.3 Å². The molecule has 164 valence electrons. The molecule has 1 saturated heterocycles. The lowest BCUT2D eigenvalue weighted by Gasteiger charge is -2.29. The minimum Gasteiger partial charge on any atom is -0.399 e. The van der Waals surface area contributed by atoms with Gasteiger partial charge in [-0.1, -0.05) is 18.2 Å². The molecule has 3 amide bonds. The highest BCUT2D eigenvalue weighted by atomic mass is 35.5. The van der Waals surface area contributed by atoms with Gasteiger partial charge in [-0.2, -0.15) is 0 Å². The van der Waals surface area contributed by atoms with Crippen LogP contribution in [0.2, 0.25) is 0 Å². The first kappa shape index (κ1) is 21.6. The Bertz CT molecular complexity index is 1250. The predicted molar refractivity (Wildman–Crippen MR) is 122 cm³/mol. The number of hydrogen-bond acceptors (Lipinski definition) is 5. The average Bonchev–Trinajstić information content (AvgIpc) is 3.28. The van der Waals surface area contributed by atoms with Crippen LogP contribution in [0.5, 0.6) is 0 Å². The molecule has 32 heavy (non-hydrogen) atoms. The van der Waals surface area contributed by atoms with E-state index in [0.29, 0.717) is 24.2 Å². The first-order valence-corrected chi connectivity index (χ1v) is 10.1. The van der Waals surface area contributed by atoms with Gasteiger partial charge in [0, 0.05) is 42.4 Å². The van der Waals surface area contributed by atoms with E-state index in [9.17, 15) is 14.4 Å². The molecule has 5 rings (SSSR count). The minimum atomic E-state index is -0.621. The Morgan fingerprint density at radius 3 is 2.66 bits per heavy atom. The SMILES string of the molecule is Cl.Cn1c(-c2cccc(N)c2)cnc1-c1ccc2c(c1)CN(C1CCC(=O)NC1=O)C2=O. The maximum absolute atomic E-state index is 12.9. The molecule has 0 bridgehead atoms. The minimum absolute atomic E-state index is 0.